The normalized spacial score (nSPS) is 29.5. The molecular weight excluding hydrogens is 246 g/mol. The fourth-order valence-corrected chi connectivity index (χ4v) is 3.19. The van der Waals surface area contributed by atoms with Crippen molar-refractivity contribution in [1.82, 2.24) is 14.5 Å². The molecule has 6 heteroatoms. The zero-order valence-electron chi connectivity index (χ0n) is 10.6. The van der Waals surface area contributed by atoms with Gasteiger partial charge in [-0.3, -0.25) is 9.36 Å². The molecule has 3 rings (SSSR count). The fraction of sp³-hybridized carbons (Fsp3) is 0.615. The Morgan fingerprint density at radius 1 is 1.42 bits per heavy atom. The van der Waals surface area contributed by atoms with Gasteiger partial charge in [0.1, 0.15) is 6.54 Å². The minimum absolute atomic E-state index is 0.0300. The van der Waals surface area contributed by atoms with Crippen molar-refractivity contribution in [3.05, 3.63) is 28.9 Å². The quantitative estimate of drug-likeness (QED) is 0.778. The lowest BCUT2D eigenvalue weighted by Crippen LogP contribution is -2.36. The van der Waals surface area contributed by atoms with Gasteiger partial charge in [-0.1, -0.05) is 0 Å². The van der Waals surface area contributed by atoms with Crippen LogP contribution < -0.4 is 5.69 Å². The van der Waals surface area contributed by atoms with Crippen molar-refractivity contribution in [1.29, 1.82) is 0 Å². The molecule has 102 valence electrons. The Labute approximate surface area is 110 Å². The third kappa shape index (κ3) is 2.28. The van der Waals surface area contributed by atoms with Crippen LogP contribution in [0.4, 0.5) is 0 Å². The number of hydrogen-bond acceptors (Lipinski definition) is 4. The van der Waals surface area contributed by atoms with Crippen LogP contribution in [0.15, 0.2) is 23.3 Å². The molecule has 1 saturated heterocycles. The van der Waals surface area contributed by atoms with E-state index in [0.29, 0.717) is 19.0 Å². The molecule has 3 atom stereocenters. The van der Waals surface area contributed by atoms with Crippen LogP contribution in [-0.4, -0.2) is 44.7 Å². The van der Waals surface area contributed by atoms with Crippen LogP contribution in [0.3, 0.4) is 0 Å². The Morgan fingerprint density at radius 2 is 2.26 bits per heavy atom. The van der Waals surface area contributed by atoms with Gasteiger partial charge in [-0.15, -0.1) is 0 Å². The molecule has 0 aromatic carbocycles. The van der Waals surface area contributed by atoms with E-state index in [2.05, 4.69) is 4.98 Å². The number of aliphatic hydroxyl groups excluding tert-OH is 1. The van der Waals surface area contributed by atoms with Crippen LogP contribution >= 0.6 is 0 Å². The van der Waals surface area contributed by atoms with E-state index in [9.17, 15) is 14.7 Å². The molecule has 6 nitrogen and oxygen atoms in total. The Morgan fingerprint density at radius 3 is 3.00 bits per heavy atom. The van der Waals surface area contributed by atoms with Gasteiger partial charge in [0, 0.05) is 31.4 Å². The van der Waals surface area contributed by atoms with E-state index in [-0.39, 0.29) is 24.5 Å². The van der Waals surface area contributed by atoms with Gasteiger partial charge in [0.25, 0.3) is 0 Å². The smallest absolute Gasteiger partial charge is 0.347 e. The van der Waals surface area contributed by atoms with Crippen molar-refractivity contribution in [2.75, 3.05) is 13.1 Å². The Balaban J connectivity index is 1.66. The predicted molar refractivity (Wildman–Crippen MR) is 67.3 cm³/mol. The molecule has 2 aliphatic rings. The van der Waals surface area contributed by atoms with Gasteiger partial charge >= 0.3 is 5.69 Å². The van der Waals surface area contributed by atoms with Gasteiger partial charge in [-0.05, 0) is 24.8 Å². The molecule has 1 amide bonds. The maximum absolute atomic E-state index is 12.2. The first kappa shape index (κ1) is 12.3. The molecule has 0 radical (unpaired) electrons. The fourth-order valence-electron chi connectivity index (χ4n) is 3.19. The average Bonchev–Trinajstić information content (AvgIpc) is 2.95. The predicted octanol–water partition coefficient (Wildman–Crippen LogP) is -0.527. The van der Waals surface area contributed by atoms with Crippen LogP contribution in [0, 0.1) is 11.8 Å². The van der Waals surface area contributed by atoms with Crippen LogP contribution in [0.5, 0.6) is 0 Å². The molecule has 2 heterocycles. The zero-order valence-corrected chi connectivity index (χ0v) is 10.6. The van der Waals surface area contributed by atoms with Gasteiger partial charge in [-0.2, -0.15) is 0 Å². The summed E-state index contributed by atoms with van der Waals surface area (Å²) in [5.74, 6) is 0.566. The highest BCUT2D eigenvalue weighted by Crippen LogP contribution is 2.38. The second-order valence-electron chi connectivity index (χ2n) is 5.40. The third-order valence-electron chi connectivity index (χ3n) is 4.26. The van der Waals surface area contributed by atoms with E-state index < -0.39 is 5.69 Å². The van der Waals surface area contributed by atoms with Crippen molar-refractivity contribution >= 4 is 5.91 Å². The van der Waals surface area contributed by atoms with E-state index in [1.807, 2.05) is 0 Å². The Kier molecular flexibility index (Phi) is 3.10. The topological polar surface area (TPSA) is 75.4 Å². The summed E-state index contributed by atoms with van der Waals surface area (Å²) in [6.45, 7) is 1.34. The molecule has 0 spiro atoms. The number of carbonyl (C=O) groups excluding carboxylic acids is 1. The van der Waals surface area contributed by atoms with E-state index >= 15 is 0 Å². The molecule has 0 bridgehead atoms. The van der Waals surface area contributed by atoms with Crippen LogP contribution in [-0.2, 0) is 11.3 Å². The number of nitrogens with zero attached hydrogens (tertiary/aromatic N) is 3. The van der Waals surface area contributed by atoms with Crippen molar-refractivity contribution < 1.29 is 9.90 Å². The molecule has 19 heavy (non-hydrogen) atoms. The number of aliphatic hydroxyl groups is 1. The van der Waals surface area contributed by atoms with Crippen molar-refractivity contribution in [3.63, 3.8) is 0 Å². The third-order valence-corrected chi connectivity index (χ3v) is 4.26. The molecular formula is C13H17N3O3. The van der Waals surface area contributed by atoms with Gasteiger partial charge < -0.3 is 10.0 Å². The standard InChI is InChI=1S/C13H17N3O3/c17-11-3-2-9-6-16(7-10(9)11)12(18)8-15-5-1-4-14-13(15)19/h1,4-5,9-11,17H,2-3,6-8H2. The molecule has 1 aromatic heterocycles. The van der Waals surface area contributed by atoms with E-state index in [1.54, 1.807) is 17.2 Å². The van der Waals surface area contributed by atoms with Crippen molar-refractivity contribution in [3.8, 4) is 0 Å². The van der Waals surface area contributed by atoms with E-state index in [0.717, 1.165) is 12.8 Å². The molecule has 1 saturated carbocycles. The molecule has 1 N–H and O–H groups in total. The number of rotatable bonds is 2. The maximum atomic E-state index is 12.2. The van der Waals surface area contributed by atoms with Crippen LogP contribution in [0.25, 0.3) is 0 Å². The summed E-state index contributed by atoms with van der Waals surface area (Å²) in [5.41, 5.74) is -0.407. The number of amides is 1. The number of likely N-dealkylation sites (tertiary alicyclic amines) is 1. The molecule has 1 aromatic rings. The van der Waals surface area contributed by atoms with Crippen molar-refractivity contribution in [2.45, 2.75) is 25.5 Å². The highest BCUT2D eigenvalue weighted by molar-refractivity contribution is 5.76. The number of carbonyl (C=O) groups is 1. The summed E-state index contributed by atoms with van der Waals surface area (Å²) in [7, 11) is 0. The second kappa shape index (κ2) is 4.77. The Bertz CT molecular complexity index is 542. The minimum atomic E-state index is -0.407. The zero-order chi connectivity index (χ0) is 13.4. The number of hydrogen-bond donors (Lipinski definition) is 1. The van der Waals surface area contributed by atoms with Gasteiger partial charge in [-0.25, -0.2) is 9.78 Å². The summed E-state index contributed by atoms with van der Waals surface area (Å²) in [6, 6.07) is 1.64. The number of aromatic nitrogens is 2. The maximum Gasteiger partial charge on any atom is 0.347 e. The summed E-state index contributed by atoms with van der Waals surface area (Å²) >= 11 is 0. The Hall–Kier alpha value is -1.69. The molecule has 1 aliphatic carbocycles. The lowest BCUT2D eigenvalue weighted by molar-refractivity contribution is -0.131. The van der Waals surface area contributed by atoms with Gasteiger partial charge in [0.05, 0.1) is 6.10 Å². The highest BCUT2D eigenvalue weighted by Gasteiger charge is 2.43. The summed E-state index contributed by atoms with van der Waals surface area (Å²) < 4.78 is 1.31. The van der Waals surface area contributed by atoms with Gasteiger partial charge in [0.2, 0.25) is 5.91 Å². The minimum Gasteiger partial charge on any atom is -0.393 e. The SMILES string of the molecule is O=C(Cn1cccnc1=O)N1CC2CCC(O)C2C1. The largest absolute Gasteiger partial charge is 0.393 e. The first-order valence-electron chi connectivity index (χ1n) is 6.62. The lowest BCUT2D eigenvalue weighted by Gasteiger charge is -2.18. The first-order chi connectivity index (χ1) is 9.15. The second-order valence-corrected chi connectivity index (χ2v) is 5.40. The van der Waals surface area contributed by atoms with Crippen LogP contribution in [0.1, 0.15) is 12.8 Å². The molecule has 1 aliphatic heterocycles. The highest BCUT2D eigenvalue weighted by atomic mass is 16.3. The van der Waals surface area contributed by atoms with Gasteiger partial charge in [0.15, 0.2) is 0 Å². The molecule has 2 fully saturated rings. The monoisotopic (exact) mass is 263 g/mol. The summed E-state index contributed by atoms with van der Waals surface area (Å²) in [5, 5.41) is 9.83. The average molecular weight is 263 g/mol. The van der Waals surface area contributed by atoms with E-state index in [4.69, 9.17) is 0 Å². The summed E-state index contributed by atoms with van der Waals surface area (Å²) in [4.78, 5) is 29.0. The lowest BCUT2D eigenvalue weighted by atomic mass is 10.00. The number of fused-ring (bicyclic) bond motifs is 1. The first-order valence-corrected chi connectivity index (χ1v) is 6.62. The van der Waals surface area contributed by atoms with E-state index in [1.165, 1.54) is 10.8 Å². The van der Waals surface area contributed by atoms with Crippen molar-refractivity contribution in [2.24, 2.45) is 11.8 Å². The van der Waals surface area contributed by atoms with Crippen LogP contribution in [0.2, 0.25) is 0 Å². The summed E-state index contributed by atoms with van der Waals surface area (Å²) in [6.07, 6.45) is 4.55. The molecule has 3 unspecified atom stereocenters.